The zero-order valence-electron chi connectivity index (χ0n) is 6.79. The maximum absolute atomic E-state index is 10.4. The van der Waals surface area contributed by atoms with Crippen LogP contribution in [0.5, 0.6) is 0 Å². The van der Waals surface area contributed by atoms with E-state index >= 15 is 0 Å². The molecule has 2 aromatic rings. The number of para-hydroxylation sites is 1. The first kappa shape index (κ1) is 7.67. The monoisotopic (exact) mass is 173 g/mol. The lowest BCUT2D eigenvalue weighted by molar-refractivity contribution is 1.05. The predicted molar refractivity (Wildman–Crippen MR) is 49.0 cm³/mol. The molecule has 0 atom stereocenters. The highest BCUT2D eigenvalue weighted by molar-refractivity contribution is 5.56. The van der Waals surface area contributed by atoms with Crippen LogP contribution in [0.15, 0.2) is 48.2 Å². The highest BCUT2D eigenvalue weighted by atomic mass is 16.3. The van der Waals surface area contributed by atoms with Crippen molar-refractivity contribution in [2.24, 2.45) is 5.18 Å². The largest absolute Gasteiger partial charge is 0.304 e. The van der Waals surface area contributed by atoms with E-state index in [-0.39, 0.29) is 0 Å². The number of rotatable bonds is 2. The zero-order valence-corrected chi connectivity index (χ0v) is 6.79. The van der Waals surface area contributed by atoms with Crippen molar-refractivity contribution in [2.75, 3.05) is 0 Å². The molecular weight excluding hydrogens is 166 g/mol. The minimum absolute atomic E-state index is 0.417. The normalized spacial score (nSPS) is 9.85. The average molecular weight is 173 g/mol. The van der Waals surface area contributed by atoms with Crippen LogP contribution in [-0.2, 0) is 0 Å². The van der Waals surface area contributed by atoms with Gasteiger partial charge in [0.2, 0.25) is 0 Å². The van der Waals surface area contributed by atoms with E-state index in [1.165, 1.54) is 0 Å². The number of aromatic nitrogens is 2. The van der Waals surface area contributed by atoms with Crippen LogP contribution >= 0.6 is 0 Å². The minimum Gasteiger partial charge on any atom is -0.304 e. The second-order valence-corrected chi connectivity index (χ2v) is 2.55. The molecule has 0 fully saturated rings. The Labute approximate surface area is 74.8 Å². The van der Waals surface area contributed by atoms with Gasteiger partial charge in [-0.15, -0.1) is 4.91 Å². The third-order valence-electron chi connectivity index (χ3n) is 1.76. The fourth-order valence-corrected chi connectivity index (χ4v) is 1.16. The third-order valence-corrected chi connectivity index (χ3v) is 1.76. The molecule has 0 saturated heterocycles. The summed E-state index contributed by atoms with van der Waals surface area (Å²) < 4.78 is 1.75. The number of nitroso groups, excluding NO2 is 1. The van der Waals surface area contributed by atoms with E-state index in [0.717, 1.165) is 5.69 Å². The first-order chi connectivity index (χ1) is 6.42. The van der Waals surface area contributed by atoms with Crippen LogP contribution in [0.3, 0.4) is 0 Å². The Kier molecular flexibility index (Phi) is 1.88. The molecule has 13 heavy (non-hydrogen) atoms. The van der Waals surface area contributed by atoms with Crippen LogP contribution in [0.2, 0.25) is 0 Å². The summed E-state index contributed by atoms with van der Waals surface area (Å²) in [5.74, 6) is 0. The van der Waals surface area contributed by atoms with Gasteiger partial charge in [0.1, 0.15) is 5.69 Å². The van der Waals surface area contributed by atoms with Crippen LogP contribution in [0, 0.1) is 4.91 Å². The maximum atomic E-state index is 10.4. The number of hydrogen-bond donors (Lipinski definition) is 0. The molecule has 0 radical (unpaired) electrons. The molecule has 2 rings (SSSR count). The molecule has 1 aromatic carbocycles. The van der Waals surface area contributed by atoms with Gasteiger partial charge in [0, 0.05) is 12.4 Å². The smallest absolute Gasteiger partial charge is 0.132 e. The summed E-state index contributed by atoms with van der Waals surface area (Å²) in [6.45, 7) is 0. The number of hydrogen-bond acceptors (Lipinski definition) is 3. The maximum Gasteiger partial charge on any atom is 0.132 e. The zero-order chi connectivity index (χ0) is 9.10. The van der Waals surface area contributed by atoms with Crippen molar-refractivity contribution in [3.05, 3.63) is 47.9 Å². The quantitative estimate of drug-likeness (QED) is 0.654. The van der Waals surface area contributed by atoms with Crippen molar-refractivity contribution in [1.82, 2.24) is 9.55 Å². The summed E-state index contributed by atoms with van der Waals surface area (Å²) in [6, 6.07) is 7.11. The fourth-order valence-electron chi connectivity index (χ4n) is 1.16. The van der Waals surface area contributed by atoms with Crippen molar-refractivity contribution in [2.45, 2.75) is 0 Å². The molecule has 0 saturated carbocycles. The van der Waals surface area contributed by atoms with E-state index in [4.69, 9.17) is 0 Å². The van der Waals surface area contributed by atoms with Crippen molar-refractivity contribution < 1.29 is 0 Å². The Balaban J connectivity index is 2.57. The van der Waals surface area contributed by atoms with Crippen molar-refractivity contribution in [3.8, 4) is 5.69 Å². The van der Waals surface area contributed by atoms with Gasteiger partial charge in [-0.25, -0.2) is 4.98 Å². The molecular formula is C9H7N3O. The number of imidazole rings is 1. The fraction of sp³-hybridized carbons (Fsp3) is 0. The van der Waals surface area contributed by atoms with Gasteiger partial charge in [-0.05, 0) is 17.3 Å². The van der Waals surface area contributed by atoms with Crippen molar-refractivity contribution >= 4 is 5.69 Å². The lowest BCUT2D eigenvalue weighted by atomic mass is 10.3. The SMILES string of the molecule is O=Nc1ccccc1-n1ccnc1. The molecule has 0 aliphatic carbocycles. The molecule has 1 aromatic heterocycles. The van der Waals surface area contributed by atoms with E-state index in [9.17, 15) is 4.91 Å². The standard InChI is InChI=1S/C9H7N3O/c13-11-8-3-1-2-4-9(8)12-6-5-10-7-12/h1-7H. The van der Waals surface area contributed by atoms with E-state index in [2.05, 4.69) is 10.2 Å². The molecule has 0 bridgehead atoms. The summed E-state index contributed by atoms with van der Waals surface area (Å²) >= 11 is 0. The highest BCUT2D eigenvalue weighted by Crippen LogP contribution is 2.21. The number of nitrogens with zero attached hydrogens (tertiary/aromatic N) is 3. The Morgan fingerprint density at radius 2 is 2.15 bits per heavy atom. The van der Waals surface area contributed by atoms with E-state index in [0.29, 0.717) is 5.69 Å². The van der Waals surface area contributed by atoms with Gasteiger partial charge in [-0.1, -0.05) is 12.1 Å². The van der Waals surface area contributed by atoms with Crippen LogP contribution < -0.4 is 0 Å². The Bertz CT molecular complexity index is 409. The first-order valence-corrected chi connectivity index (χ1v) is 3.82. The van der Waals surface area contributed by atoms with Crippen LogP contribution in [0.25, 0.3) is 5.69 Å². The van der Waals surface area contributed by atoms with Gasteiger partial charge in [0.05, 0.1) is 12.0 Å². The molecule has 0 aliphatic heterocycles. The van der Waals surface area contributed by atoms with Crippen LogP contribution in [0.1, 0.15) is 0 Å². The summed E-state index contributed by atoms with van der Waals surface area (Å²) in [4.78, 5) is 14.3. The predicted octanol–water partition coefficient (Wildman–Crippen LogP) is 2.27. The molecule has 0 spiro atoms. The molecule has 0 amide bonds. The van der Waals surface area contributed by atoms with Gasteiger partial charge in [-0.2, -0.15) is 0 Å². The van der Waals surface area contributed by atoms with Crippen molar-refractivity contribution in [3.63, 3.8) is 0 Å². The Hall–Kier alpha value is -1.97. The second kappa shape index (κ2) is 3.18. The van der Waals surface area contributed by atoms with E-state index < -0.39 is 0 Å². The summed E-state index contributed by atoms with van der Waals surface area (Å²) in [6.07, 6.45) is 5.05. The van der Waals surface area contributed by atoms with Gasteiger partial charge in [0.25, 0.3) is 0 Å². The second-order valence-electron chi connectivity index (χ2n) is 2.55. The molecule has 0 aliphatic rings. The number of benzene rings is 1. The molecule has 0 unspecified atom stereocenters. The van der Waals surface area contributed by atoms with Gasteiger partial charge in [-0.3, -0.25) is 0 Å². The first-order valence-electron chi connectivity index (χ1n) is 3.82. The summed E-state index contributed by atoms with van der Waals surface area (Å²) in [7, 11) is 0. The Morgan fingerprint density at radius 3 is 2.85 bits per heavy atom. The average Bonchev–Trinajstić information content (AvgIpc) is 2.70. The summed E-state index contributed by atoms with van der Waals surface area (Å²) in [5.41, 5.74) is 1.16. The lowest BCUT2D eigenvalue weighted by Gasteiger charge is -2.02. The molecule has 4 heteroatoms. The molecule has 1 heterocycles. The van der Waals surface area contributed by atoms with Crippen LogP contribution in [-0.4, -0.2) is 9.55 Å². The van der Waals surface area contributed by atoms with Crippen LogP contribution in [0.4, 0.5) is 5.69 Å². The minimum atomic E-state index is 0.417. The highest BCUT2D eigenvalue weighted by Gasteiger charge is 2.01. The third kappa shape index (κ3) is 1.33. The lowest BCUT2D eigenvalue weighted by Crippen LogP contribution is -1.89. The molecule has 64 valence electrons. The van der Waals surface area contributed by atoms with E-state index in [1.807, 2.05) is 12.1 Å². The topological polar surface area (TPSA) is 47.2 Å². The van der Waals surface area contributed by atoms with Gasteiger partial charge in [0.15, 0.2) is 0 Å². The Morgan fingerprint density at radius 1 is 1.31 bits per heavy atom. The molecule has 4 nitrogen and oxygen atoms in total. The molecule has 0 N–H and O–H groups in total. The van der Waals surface area contributed by atoms with E-state index in [1.54, 1.807) is 35.4 Å². The van der Waals surface area contributed by atoms with Crippen molar-refractivity contribution in [1.29, 1.82) is 0 Å². The van der Waals surface area contributed by atoms with Gasteiger partial charge >= 0.3 is 0 Å². The summed E-state index contributed by atoms with van der Waals surface area (Å²) in [5, 5.41) is 2.93. The van der Waals surface area contributed by atoms with Gasteiger partial charge < -0.3 is 4.57 Å².